The van der Waals surface area contributed by atoms with Gasteiger partial charge < -0.3 is 19.6 Å². The average molecular weight is 262 g/mol. The Morgan fingerprint density at radius 1 is 1.37 bits per heavy atom. The third kappa shape index (κ3) is 1.84. The van der Waals surface area contributed by atoms with Gasteiger partial charge in [-0.15, -0.1) is 10.2 Å². The minimum absolute atomic E-state index is 0.0829. The Balaban J connectivity index is 1.86. The van der Waals surface area contributed by atoms with Crippen molar-refractivity contribution >= 4 is 11.9 Å². The maximum atomic E-state index is 12.2. The normalized spacial score (nSPS) is 14.2. The van der Waals surface area contributed by atoms with Gasteiger partial charge in [-0.2, -0.15) is 0 Å². The second kappa shape index (κ2) is 4.19. The minimum Gasteiger partial charge on any atom is -0.477 e. The summed E-state index contributed by atoms with van der Waals surface area (Å²) in [5.74, 6) is -0.957. The highest BCUT2D eigenvalue weighted by Crippen LogP contribution is 2.14. The number of imidazole rings is 1. The molecule has 0 unspecified atom stereocenters. The fourth-order valence-electron chi connectivity index (χ4n) is 2.01. The van der Waals surface area contributed by atoms with Crippen LogP contribution in [0.25, 0.3) is 0 Å². The highest BCUT2D eigenvalue weighted by atomic mass is 16.4. The fraction of sp³-hybridized carbons (Fsp3) is 0.300. The van der Waals surface area contributed by atoms with E-state index in [4.69, 9.17) is 5.11 Å². The molecule has 2 aromatic rings. The molecule has 1 aliphatic rings. The number of hydrogen-bond donors (Lipinski definition) is 2. The predicted octanol–water partition coefficient (Wildman–Crippen LogP) is -0.645. The van der Waals surface area contributed by atoms with Gasteiger partial charge in [0.1, 0.15) is 6.33 Å². The second-order valence-corrected chi connectivity index (χ2v) is 4.10. The molecule has 9 heteroatoms. The molecule has 0 saturated carbocycles. The number of rotatable bonds is 2. The van der Waals surface area contributed by atoms with E-state index in [9.17, 15) is 9.59 Å². The van der Waals surface area contributed by atoms with Crippen molar-refractivity contribution in [3.63, 3.8) is 0 Å². The van der Waals surface area contributed by atoms with Crippen LogP contribution < -0.4 is 0 Å². The Morgan fingerprint density at radius 2 is 2.21 bits per heavy atom. The van der Waals surface area contributed by atoms with Gasteiger partial charge in [0.25, 0.3) is 5.91 Å². The molecule has 0 spiro atoms. The number of carboxylic acids is 1. The van der Waals surface area contributed by atoms with E-state index in [1.165, 1.54) is 11.2 Å². The number of H-pyrrole nitrogens is 1. The van der Waals surface area contributed by atoms with Gasteiger partial charge in [0, 0.05) is 13.1 Å². The van der Waals surface area contributed by atoms with Crippen LogP contribution in [0.4, 0.5) is 0 Å². The number of carboxylic acid groups (broad SMARTS) is 1. The maximum absolute atomic E-state index is 12.2. The third-order valence-corrected chi connectivity index (χ3v) is 2.98. The van der Waals surface area contributed by atoms with Crippen molar-refractivity contribution < 1.29 is 14.7 Å². The zero-order chi connectivity index (χ0) is 13.4. The number of carbonyl (C=O) groups is 2. The van der Waals surface area contributed by atoms with Crippen LogP contribution in [-0.2, 0) is 13.1 Å². The first-order valence-corrected chi connectivity index (χ1v) is 5.59. The first-order valence-electron chi connectivity index (χ1n) is 5.59. The van der Waals surface area contributed by atoms with Gasteiger partial charge in [0.15, 0.2) is 17.2 Å². The molecule has 98 valence electrons. The van der Waals surface area contributed by atoms with Crippen molar-refractivity contribution in [2.45, 2.75) is 13.1 Å². The predicted molar refractivity (Wildman–Crippen MR) is 60.3 cm³/mol. The van der Waals surface area contributed by atoms with Crippen LogP contribution in [-0.4, -0.2) is 53.2 Å². The number of nitrogens with zero attached hydrogens (tertiary/aromatic N) is 5. The van der Waals surface area contributed by atoms with E-state index in [1.807, 2.05) is 4.57 Å². The molecule has 3 rings (SSSR count). The van der Waals surface area contributed by atoms with Gasteiger partial charge in [0.05, 0.1) is 12.9 Å². The molecule has 0 saturated heterocycles. The van der Waals surface area contributed by atoms with Gasteiger partial charge in [-0.1, -0.05) is 0 Å². The Bertz CT molecular complexity index is 645. The molecule has 0 fully saturated rings. The van der Waals surface area contributed by atoms with Crippen LogP contribution in [0.5, 0.6) is 0 Å². The standard InChI is InChI=1S/C10H10N6O3/c17-9(7-8(10(18)19)12-4-11-7)15-1-2-16-5-13-14-6(16)3-15/h4-5H,1-3H2,(H,11,12)(H,18,19). The Kier molecular flexibility index (Phi) is 2.51. The summed E-state index contributed by atoms with van der Waals surface area (Å²) in [5.41, 5.74) is -0.280. The van der Waals surface area contributed by atoms with Crippen molar-refractivity contribution in [2.75, 3.05) is 6.54 Å². The van der Waals surface area contributed by atoms with Crippen LogP contribution in [0.15, 0.2) is 12.7 Å². The van der Waals surface area contributed by atoms with Crippen molar-refractivity contribution in [3.8, 4) is 0 Å². The summed E-state index contributed by atoms with van der Waals surface area (Å²) in [6.45, 7) is 1.35. The van der Waals surface area contributed by atoms with Crippen LogP contribution >= 0.6 is 0 Å². The summed E-state index contributed by atoms with van der Waals surface area (Å²) in [6, 6.07) is 0. The Hall–Kier alpha value is -2.71. The molecule has 0 atom stereocenters. The Morgan fingerprint density at radius 3 is 3.00 bits per heavy atom. The third-order valence-electron chi connectivity index (χ3n) is 2.98. The van der Waals surface area contributed by atoms with E-state index in [0.29, 0.717) is 25.5 Å². The van der Waals surface area contributed by atoms with E-state index in [2.05, 4.69) is 20.2 Å². The number of fused-ring (bicyclic) bond motifs is 1. The number of nitrogens with one attached hydrogen (secondary N) is 1. The molecule has 3 heterocycles. The molecule has 19 heavy (non-hydrogen) atoms. The molecule has 9 nitrogen and oxygen atoms in total. The average Bonchev–Trinajstić information content (AvgIpc) is 3.05. The topological polar surface area (TPSA) is 117 Å². The first kappa shape index (κ1) is 11.4. The van der Waals surface area contributed by atoms with Gasteiger partial charge in [-0.25, -0.2) is 9.78 Å². The molecule has 2 N–H and O–H groups in total. The van der Waals surface area contributed by atoms with Crippen LogP contribution in [0.1, 0.15) is 26.8 Å². The molecular weight excluding hydrogens is 252 g/mol. The first-order chi connectivity index (χ1) is 9.16. The van der Waals surface area contributed by atoms with E-state index in [1.54, 1.807) is 6.33 Å². The van der Waals surface area contributed by atoms with Crippen molar-refractivity contribution in [1.29, 1.82) is 0 Å². The van der Waals surface area contributed by atoms with Crippen LogP contribution in [0.2, 0.25) is 0 Å². The van der Waals surface area contributed by atoms with E-state index >= 15 is 0 Å². The van der Waals surface area contributed by atoms with Gasteiger partial charge in [-0.05, 0) is 0 Å². The number of aromatic carboxylic acids is 1. The molecule has 2 aromatic heterocycles. The number of carbonyl (C=O) groups excluding carboxylic acids is 1. The number of aromatic amines is 1. The monoisotopic (exact) mass is 262 g/mol. The summed E-state index contributed by atoms with van der Waals surface area (Å²) in [6.07, 6.45) is 2.80. The summed E-state index contributed by atoms with van der Waals surface area (Å²) >= 11 is 0. The lowest BCUT2D eigenvalue weighted by Gasteiger charge is -2.26. The second-order valence-electron chi connectivity index (χ2n) is 4.10. The fourth-order valence-corrected chi connectivity index (χ4v) is 2.01. The minimum atomic E-state index is -1.21. The Labute approximate surface area is 106 Å². The lowest BCUT2D eigenvalue weighted by molar-refractivity contribution is 0.0653. The molecule has 0 bridgehead atoms. The largest absolute Gasteiger partial charge is 0.477 e. The number of hydrogen-bond acceptors (Lipinski definition) is 5. The molecule has 1 aliphatic heterocycles. The summed E-state index contributed by atoms with van der Waals surface area (Å²) in [4.78, 5) is 30.9. The van der Waals surface area contributed by atoms with Crippen LogP contribution in [0, 0.1) is 0 Å². The molecule has 0 aromatic carbocycles. The van der Waals surface area contributed by atoms with Crippen molar-refractivity contribution in [2.24, 2.45) is 0 Å². The maximum Gasteiger partial charge on any atom is 0.354 e. The summed E-state index contributed by atoms with van der Waals surface area (Å²) < 4.78 is 1.85. The zero-order valence-corrected chi connectivity index (χ0v) is 9.78. The quantitative estimate of drug-likeness (QED) is 0.743. The van der Waals surface area contributed by atoms with Gasteiger partial charge >= 0.3 is 5.97 Å². The smallest absolute Gasteiger partial charge is 0.354 e. The summed E-state index contributed by atoms with van der Waals surface area (Å²) in [7, 11) is 0. The van der Waals surface area contributed by atoms with Crippen molar-refractivity contribution in [1.82, 2.24) is 29.6 Å². The SMILES string of the molecule is O=C(O)c1[nH]cnc1C(=O)N1CCn2cnnc2C1. The molecule has 0 radical (unpaired) electrons. The van der Waals surface area contributed by atoms with E-state index in [0.717, 1.165) is 0 Å². The number of aromatic nitrogens is 5. The van der Waals surface area contributed by atoms with Crippen molar-refractivity contribution in [3.05, 3.63) is 29.9 Å². The zero-order valence-electron chi connectivity index (χ0n) is 9.78. The molecular formula is C10H10N6O3. The summed E-state index contributed by atoms with van der Waals surface area (Å²) in [5, 5.41) is 16.6. The van der Waals surface area contributed by atoms with E-state index in [-0.39, 0.29) is 11.4 Å². The molecule has 0 aliphatic carbocycles. The van der Waals surface area contributed by atoms with Gasteiger partial charge in [0.2, 0.25) is 0 Å². The highest BCUT2D eigenvalue weighted by molar-refractivity contribution is 6.02. The number of amides is 1. The van der Waals surface area contributed by atoms with Gasteiger partial charge in [-0.3, -0.25) is 4.79 Å². The van der Waals surface area contributed by atoms with E-state index < -0.39 is 11.9 Å². The highest BCUT2D eigenvalue weighted by Gasteiger charge is 2.27. The lowest BCUT2D eigenvalue weighted by Crippen LogP contribution is -2.39. The molecule has 1 amide bonds. The lowest BCUT2D eigenvalue weighted by atomic mass is 10.2. The van der Waals surface area contributed by atoms with Crippen LogP contribution in [0.3, 0.4) is 0 Å².